The van der Waals surface area contributed by atoms with Gasteiger partial charge in [-0.3, -0.25) is 0 Å². The van der Waals surface area contributed by atoms with Gasteiger partial charge in [0.25, 0.3) is 0 Å². The highest BCUT2D eigenvalue weighted by Gasteiger charge is 2.18. The summed E-state index contributed by atoms with van der Waals surface area (Å²) in [5.74, 6) is 0.0108. The maximum absolute atomic E-state index is 13.8. The molecule has 0 aliphatic heterocycles. The van der Waals surface area contributed by atoms with E-state index in [1.165, 1.54) is 18.2 Å². The Morgan fingerprint density at radius 2 is 1.90 bits per heavy atom. The summed E-state index contributed by atoms with van der Waals surface area (Å²) in [7, 11) is 1.54. The maximum Gasteiger partial charge on any atom is 0.126 e. The van der Waals surface area contributed by atoms with Crippen molar-refractivity contribution in [3.05, 3.63) is 65.2 Å². The molecule has 2 aromatic carbocycles. The maximum atomic E-state index is 13.8. The van der Waals surface area contributed by atoms with E-state index in [1.807, 2.05) is 6.92 Å². The number of benzene rings is 2. The Bertz CT molecular complexity index is 601. The van der Waals surface area contributed by atoms with Gasteiger partial charge in [-0.25, -0.2) is 8.78 Å². The number of halogens is 2. The molecular formula is C17H19F2NO. The number of hydrogen-bond acceptors (Lipinski definition) is 2. The molecule has 0 heterocycles. The van der Waals surface area contributed by atoms with Gasteiger partial charge in [0.1, 0.15) is 17.4 Å². The average molecular weight is 291 g/mol. The standard InChI is InChI=1S/C17H19F2NO/c1-3-20-16(10-12-6-4-5-7-15(12)19)14-11-13(18)8-9-17(14)21-2/h4-9,11,16,20H,3,10H2,1-2H3. The minimum Gasteiger partial charge on any atom is -0.496 e. The Hall–Kier alpha value is -1.94. The summed E-state index contributed by atoms with van der Waals surface area (Å²) in [4.78, 5) is 0. The number of likely N-dealkylation sites (N-methyl/N-ethyl adjacent to an activating group) is 1. The van der Waals surface area contributed by atoms with Gasteiger partial charge in [0.05, 0.1) is 7.11 Å². The molecule has 0 saturated carbocycles. The second-order valence-electron chi connectivity index (χ2n) is 4.79. The third kappa shape index (κ3) is 3.79. The molecule has 4 heteroatoms. The molecule has 0 aliphatic rings. The molecule has 2 aromatic rings. The molecule has 0 saturated heterocycles. The van der Waals surface area contributed by atoms with E-state index >= 15 is 0 Å². The van der Waals surface area contributed by atoms with E-state index in [1.54, 1.807) is 31.4 Å². The number of hydrogen-bond donors (Lipinski definition) is 1. The lowest BCUT2D eigenvalue weighted by Gasteiger charge is -2.21. The van der Waals surface area contributed by atoms with Gasteiger partial charge in [-0.2, -0.15) is 0 Å². The molecule has 1 N–H and O–H groups in total. The van der Waals surface area contributed by atoms with E-state index in [0.717, 1.165) is 0 Å². The Morgan fingerprint density at radius 3 is 2.57 bits per heavy atom. The summed E-state index contributed by atoms with van der Waals surface area (Å²) >= 11 is 0. The number of ether oxygens (including phenoxy) is 1. The summed E-state index contributed by atoms with van der Waals surface area (Å²) in [5.41, 5.74) is 1.29. The number of rotatable bonds is 6. The predicted molar refractivity (Wildman–Crippen MR) is 79.5 cm³/mol. The van der Waals surface area contributed by atoms with E-state index in [4.69, 9.17) is 4.74 Å². The first-order valence-electron chi connectivity index (χ1n) is 6.96. The smallest absolute Gasteiger partial charge is 0.126 e. The summed E-state index contributed by atoms with van der Waals surface area (Å²) in [6, 6.07) is 10.8. The number of nitrogens with one attached hydrogen (secondary N) is 1. The average Bonchev–Trinajstić information content (AvgIpc) is 2.49. The van der Waals surface area contributed by atoms with Crippen molar-refractivity contribution in [2.45, 2.75) is 19.4 Å². The highest BCUT2D eigenvalue weighted by Crippen LogP contribution is 2.29. The quantitative estimate of drug-likeness (QED) is 0.872. The van der Waals surface area contributed by atoms with E-state index in [0.29, 0.717) is 29.8 Å². The van der Waals surface area contributed by atoms with Gasteiger partial charge in [-0.1, -0.05) is 25.1 Å². The Morgan fingerprint density at radius 1 is 1.14 bits per heavy atom. The molecule has 0 aliphatic carbocycles. The molecule has 0 aromatic heterocycles. The van der Waals surface area contributed by atoms with Gasteiger partial charge < -0.3 is 10.1 Å². The zero-order valence-corrected chi connectivity index (χ0v) is 12.2. The highest BCUT2D eigenvalue weighted by atomic mass is 19.1. The molecule has 0 radical (unpaired) electrons. The Labute approximate surface area is 123 Å². The van der Waals surface area contributed by atoms with Crippen LogP contribution in [-0.2, 0) is 6.42 Å². The second-order valence-corrected chi connectivity index (χ2v) is 4.79. The molecule has 0 fully saturated rings. The fourth-order valence-corrected chi connectivity index (χ4v) is 2.40. The van der Waals surface area contributed by atoms with Crippen LogP contribution in [0.4, 0.5) is 8.78 Å². The summed E-state index contributed by atoms with van der Waals surface area (Å²) in [6.07, 6.45) is 0.431. The van der Waals surface area contributed by atoms with Crippen LogP contribution in [0.3, 0.4) is 0 Å². The lowest BCUT2D eigenvalue weighted by molar-refractivity contribution is 0.396. The molecule has 112 valence electrons. The monoisotopic (exact) mass is 291 g/mol. The van der Waals surface area contributed by atoms with Gasteiger partial charge in [-0.15, -0.1) is 0 Å². The van der Waals surface area contributed by atoms with Gasteiger partial charge in [0, 0.05) is 11.6 Å². The van der Waals surface area contributed by atoms with Gasteiger partial charge in [0.2, 0.25) is 0 Å². The van der Waals surface area contributed by atoms with Crippen molar-refractivity contribution in [2.24, 2.45) is 0 Å². The molecule has 0 spiro atoms. The van der Waals surface area contributed by atoms with Crippen LogP contribution in [0.25, 0.3) is 0 Å². The van der Waals surface area contributed by atoms with Crippen LogP contribution >= 0.6 is 0 Å². The first-order valence-corrected chi connectivity index (χ1v) is 6.96. The van der Waals surface area contributed by atoms with Crippen LogP contribution < -0.4 is 10.1 Å². The van der Waals surface area contributed by atoms with Crippen molar-refractivity contribution in [1.82, 2.24) is 5.32 Å². The largest absolute Gasteiger partial charge is 0.496 e. The van der Waals surface area contributed by atoms with Gasteiger partial charge >= 0.3 is 0 Å². The van der Waals surface area contributed by atoms with Crippen molar-refractivity contribution >= 4 is 0 Å². The van der Waals surface area contributed by atoms with E-state index in [9.17, 15) is 8.78 Å². The van der Waals surface area contributed by atoms with Crippen molar-refractivity contribution in [1.29, 1.82) is 0 Å². The van der Waals surface area contributed by atoms with E-state index < -0.39 is 0 Å². The zero-order chi connectivity index (χ0) is 15.2. The van der Waals surface area contributed by atoms with Crippen molar-refractivity contribution in [2.75, 3.05) is 13.7 Å². The van der Waals surface area contributed by atoms with Crippen LogP contribution in [-0.4, -0.2) is 13.7 Å². The fraction of sp³-hybridized carbons (Fsp3) is 0.294. The molecule has 21 heavy (non-hydrogen) atoms. The number of methoxy groups -OCH3 is 1. The molecule has 1 atom stereocenters. The first-order chi connectivity index (χ1) is 10.2. The van der Waals surface area contributed by atoms with Crippen molar-refractivity contribution < 1.29 is 13.5 Å². The molecule has 2 rings (SSSR count). The Balaban J connectivity index is 2.35. The van der Waals surface area contributed by atoms with Gasteiger partial charge in [0.15, 0.2) is 0 Å². The molecule has 0 amide bonds. The minimum absolute atomic E-state index is 0.211. The van der Waals surface area contributed by atoms with Crippen LogP contribution in [0.2, 0.25) is 0 Å². The predicted octanol–water partition coefficient (Wildman–Crippen LogP) is 3.87. The topological polar surface area (TPSA) is 21.3 Å². The zero-order valence-electron chi connectivity index (χ0n) is 12.2. The van der Waals surface area contributed by atoms with Crippen LogP contribution in [0, 0.1) is 11.6 Å². The molecule has 1 unspecified atom stereocenters. The molecule has 2 nitrogen and oxygen atoms in total. The Kier molecular flexibility index (Phi) is 5.28. The fourth-order valence-electron chi connectivity index (χ4n) is 2.40. The van der Waals surface area contributed by atoms with Crippen LogP contribution in [0.1, 0.15) is 24.1 Å². The van der Waals surface area contributed by atoms with Crippen molar-refractivity contribution in [3.63, 3.8) is 0 Å². The normalized spacial score (nSPS) is 12.2. The van der Waals surface area contributed by atoms with Crippen LogP contribution in [0.5, 0.6) is 5.75 Å². The van der Waals surface area contributed by atoms with Crippen molar-refractivity contribution in [3.8, 4) is 5.75 Å². The third-order valence-corrected chi connectivity index (χ3v) is 3.40. The highest BCUT2D eigenvalue weighted by molar-refractivity contribution is 5.37. The lowest BCUT2D eigenvalue weighted by atomic mass is 9.97. The third-order valence-electron chi connectivity index (χ3n) is 3.40. The van der Waals surface area contributed by atoms with E-state index in [-0.39, 0.29) is 17.7 Å². The van der Waals surface area contributed by atoms with Crippen LogP contribution in [0.15, 0.2) is 42.5 Å². The van der Waals surface area contributed by atoms with E-state index in [2.05, 4.69) is 5.32 Å². The van der Waals surface area contributed by atoms with Gasteiger partial charge in [-0.05, 0) is 42.8 Å². The second kappa shape index (κ2) is 7.18. The summed E-state index contributed by atoms with van der Waals surface area (Å²) in [5, 5.41) is 3.26. The SMILES string of the molecule is CCNC(Cc1ccccc1F)c1cc(F)ccc1OC. The molecular weight excluding hydrogens is 272 g/mol. The molecule has 0 bridgehead atoms. The minimum atomic E-state index is -0.331. The summed E-state index contributed by atoms with van der Waals surface area (Å²) < 4.78 is 32.7. The summed E-state index contributed by atoms with van der Waals surface area (Å²) in [6.45, 7) is 2.65. The lowest BCUT2D eigenvalue weighted by Crippen LogP contribution is -2.24. The first kappa shape index (κ1) is 15.4.